The SMILES string of the molecule is COCc1cc(C(=O)N[S@@]2(=O)=NC(=O)c3ccc4c(c3)N(C[C@@H]3CC[C@H]3[C@@H](OC)/C=C/C[C@H](C)C2)C[C@@]2(CCCc3cc(Cl)ccc32)CO4)cn1C. The number of nitrogens with zero attached hydrogens (tertiary/aromatic N) is 3. The third-order valence-electron chi connectivity index (χ3n) is 11.4. The monoisotopic (exact) mass is 748 g/mol. The molecule has 4 aliphatic rings. The average Bonchev–Trinajstić information content (AvgIpc) is 3.39. The number of carbonyl (C=O) groups excluding carboxylic acids is 2. The smallest absolute Gasteiger partial charge is 0.286 e. The van der Waals surface area contributed by atoms with Crippen molar-refractivity contribution in [2.75, 3.05) is 44.6 Å². The fourth-order valence-corrected chi connectivity index (χ4v) is 10.7. The van der Waals surface area contributed by atoms with Gasteiger partial charge in [0.1, 0.15) is 15.7 Å². The molecule has 3 heterocycles. The lowest BCUT2D eigenvalue weighted by Crippen LogP contribution is -2.49. The lowest BCUT2D eigenvalue weighted by Gasteiger charge is -2.46. The van der Waals surface area contributed by atoms with Gasteiger partial charge in [0.25, 0.3) is 11.8 Å². The van der Waals surface area contributed by atoms with Crippen molar-refractivity contribution in [1.82, 2.24) is 9.29 Å². The zero-order chi connectivity index (χ0) is 36.6. The van der Waals surface area contributed by atoms with Gasteiger partial charge in [-0.05, 0) is 104 Å². The van der Waals surface area contributed by atoms with Crippen LogP contribution in [0.15, 0.2) is 65.2 Å². The van der Waals surface area contributed by atoms with E-state index in [0.717, 1.165) is 55.1 Å². The Bertz CT molecular complexity index is 2000. The van der Waals surface area contributed by atoms with E-state index < -0.39 is 21.7 Å². The molecule has 1 aromatic heterocycles. The van der Waals surface area contributed by atoms with Gasteiger partial charge in [-0.25, -0.2) is 4.21 Å². The first-order valence-electron chi connectivity index (χ1n) is 18.3. The van der Waals surface area contributed by atoms with Crippen LogP contribution in [0.5, 0.6) is 5.75 Å². The van der Waals surface area contributed by atoms with E-state index in [0.29, 0.717) is 54.9 Å². The number of hydrogen-bond acceptors (Lipinski definition) is 7. The highest BCUT2D eigenvalue weighted by atomic mass is 35.5. The number of rotatable bonds is 5. The van der Waals surface area contributed by atoms with Crippen molar-refractivity contribution in [3.63, 3.8) is 0 Å². The molecule has 0 saturated heterocycles. The summed E-state index contributed by atoms with van der Waals surface area (Å²) in [5.74, 6) is 0.0696. The molecule has 7 rings (SSSR count). The summed E-state index contributed by atoms with van der Waals surface area (Å²) in [5.41, 5.74) is 4.49. The van der Waals surface area contributed by atoms with Gasteiger partial charge >= 0.3 is 0 Å². The number of amides is 2. The van der Waals surface area contributed by atoms with E-state index in [1.54, 1.807) is 37.1 Å². The maximum absolute atomic E-state index is 14.6. The van der Waals surface area contributed by atoms with Gasteiger partial charge in [-0.3, -0.25) is 14.3 Å². The van der Waals surface area contributed by atoms with Crippen LogP contribution in [0.3, 0.4) is 0 Å². The van der Waals surface area contributed by atoms with Crippen molar-refractivity contribution >= 4 is 39.0 Å². The number of methoxy groups -OCH3 is 2. The second kappa shape index (κ2) is 15.0. The average molecular weight is 749 g/mol. The summed E-state index contributed by atoms with van der Waals surface area (Å²) in [5, 5.41) is 0.739. The molecule has 12 heteroatoms. The molecule has 52 heavy (non-hydrogen) atoms. The van der Waals surface area contributed by atoms with Crippen LogP contribution in [0.1, 0.15) is 76.6 Å². The van der Waals surface area contributed by atoms with Crippen LogP contribution >= 0.6 is 11.6 Å². The Balaban J connectivity index is 1.29. The first-order valence-corrected chi connectivity index (χ1v) is 20.3. The predicted molar refractivity (Wildman–Crippen MR) is 204 cm³/mol. The maximum atomic E-state index is 14.6. The second-order valence-electron chi connectivity index (χ2n) is 15.2. The van der Waals surface area contributed by atoms with Crippen molar-refractivity contribution in [3.05, 3.63) is 93.8 Å². The molecule has 1 spiro atoms. The quantitative estimate of drug-likeness (QED) is 0.283. The number of carbonyl (C=O) groups is 2. The van der Waals surface area contributed by atoms with Gasteiger partial charge in [0.15, 0.2) is 0 Å². The molecule has 1 N–H and O–H groups in total. The van der Waals surface area contributed by atoms with Gasteiger partial charge in [0.05, 0.1) is 36.3 Å². The standard InChI is InChI=1S/C40H49ClN4O6S/c1-26-7-5-9-36(50-4)33-13-10-29(33)21-45-24-40(16-6-8-27-17-31(41)12-14-34(27)40)25-51-37-15-11-28(19-35(37)45)38(46)42-52(48,23-26)43-39(47)30-18-32(22-49-3)44(2)20-30/h5,9,11-12,14-15,17-20,26,29,33,36H,6-8,10,13,16,21-25H2,1-4H3,(H,42,43,46,47,48)/b9-5+/t26-,29-,33+,36-,40-,52-/m0/s1. The van der Waals surface area contributed by atoms with Gasteiger partial charge in [0.2, 0.25) is 0 Å². The highest BCUT2D eigenvalue weighted by molar-refractivity contribution is 7.92. The van der Waals surface area contributed by atoms with Gasteiger partial charge in [-0.2, -0.15) is 0 Å². The summed E-state index contributed by atoms with van der Waals surface area (Å²) in [4.78, 5) is 30.0. The third kappa shape index (κ3) is 7.42. The highest BCUT2D eigenvalue weighted by Crippen LogP contribution is 2.47. The highest BCUT2D eigenvalue weighted by Gasteiger charge is 2.44. The Morgan fingerprint density at radius 2 is 2.02 bits per heavy atom. The summed E-state index contributed by atoms with van der Waals surface area (Å²) in [6.45, 7) is 4.27. The molecule has 1 saturated carbocycles. The zero-order valence-electron chi connectivity index (χ0n) is 30.4. The summed E-state index contributed by atoms with van der Waals surface area (Å²) < 4.78 is 41.3. The van der Waals surface area contributed by atoms with Gasteiger partial charge in [-0.15, -0.1) is 4.36 Å². The van der Waals surface area contributed by atoms with Crippen molar-refractivity contribution in [1.29, 1.82) is 0 Å². The minimum absolute atomic E-state index is 0.00239. The van der Waals surface area contributed by atoms with Gasteiger partial charge in [0, 0.05) is 62.2 Å². The van der Waals surface area contributed by atoms with Crippen LogP contribution in [0, 0.1) is 17.8 Å². The Morgan fingerprint density at radius 3 is 2.79 bits per heavy atom. The Morgan fingerprint density at radius 1 is 1.17 bits per heavy atom. The Kier molecular flexibility index (Phi) is 10.6. The summed E-state index contributed by atoms with van der Waals surface area (Å²) >= 11 is 6.46. The van der Waals surface area contributed by atoms with Crippen LogP contribution < -0.4 is 14.4 Å². The number of halogens is 1. The van der Waals surface area contributed by atoms with Crippen molar-refractivity contribution in [3.8, 4) is 5.75 Å². The second-order valence-corrected chi connectivity index (χ2v) is 17.6. The van der Waals surface area contributed by atoms with E-state index in [9.17, 15) is 13.8 Å². The molecular weight excluding hydrogens is 700 g/mol. The molecule has 2 aromatic carbocycles. The molecule has 1 fully saturated rings. The van der Waals surface area contributed by atoms with Gasteiger partial charge < -0.3 is 23.7 Å². The van der Waals surface area contributed by atoms with Crippen molar-refractivity contribution in [2.24, 2.45) is 29.2 Å². The van der Waals surface area contributed by atoms with Crippen molar-refractivity contribution < 1.29 is 28.0 Å². The minimum Gasteiger partial charge on any atom is -0.490 e. The minimum atomic E-state index is -3.54. The normalized spacial score (nSPS) is 29.5. The van der Waals surface area contributed by atoms with Gasteiger partial charge in [-0.1, -0.05) is 36.7 Å². The van der Waals surface area contributed by atoms with Crippen molar-refractivity contribution in [2.45, 2.75) is 63.6 Å². The van der Waals surface area contributed by atoms with E-state index in [-0.39, 0.29) is 23.2 Å². The van der Waals surface area contributed by atoms with E-state index in [4.69, 9.17) is 25.8 Å². The Hall–Kier alpha value is -3.64. The van der Waals surface area contributed by atoms with Crippen LogP contribution in [0.4, 0.5) is 5.69 Å². The summed E-state index contributed by atoms with van der Waals surface area (Å²) in [6, 6.07) is 13.3. The molecule has 2 aliphatic heterocycles. The number of aryl methyl sites for hydroxylation is 2. The number of benzene rings is 2. The first-order chi connectivity index (χ1) is 25.0. The van der Waals surface area contributed by atoms with E-state index in [2.05, 4.69) is 38.3 Å². The van der Waals surface area contributed by atoms with Crippen LogP contribution in [-0.2, 0) is 44.9 Å². The molecule has 2 amide bonds. The maximum Gasteiger partial charge on any atom is 0.286 e. The number of nitrogens with one attached hydrogen (secondary N) is 1. The molecule has 3 aromatic rings. The largest absolute Gasteiger partial charge is 0.490 e. The number of hydrogen-bond donors (Lipinski definition) is 1. The first kappa shape index (κ1) is 36.7. The van der Waals surface area contributed by atoms with Crippen LogP contribution in [0.25, 0.3) is 0 Å². The van der Waals surface area contributed by atoms with E-state index in [1.165, 1.54) is 11.1 Å². The fraction of sp³-hybridized carbons (Fsp3) is 0.500. The lowest BCUT2D eigenvalue weighted by molar-refractivity contribution is 0.0131. The molecule has 6 atom stereocenters. The van der Waals surface area contributed by atoms with E-state index in [1.807, 2.05) is 32.2 Å². The number of ether oxygens (including phenoxy) is 3. The molecule has 0 unspecified atom stereocenters. The molecule has 2 aliphatic carbocycles. The van der Waals surface area contributed by atoms with Crippen LogP contribution in [-0.4, -0.2) is 66.4 Å². The molecule has 0 radical (unpaired) electrons. The number of allylic oxidation sites excluding steroid dienone is 1. The molecule has 2 bridgehead atoms. The number of aromatic nitrogens is 1. The molecule has 10 nitrogen and oxygen atoms in total. The zero-order valence-corrected chi connectivity index (χ0v) is 32.0. The van der Waals surface area contributed by atoms with Crippen LogP contribution in [0.2, 0.25) is 5.02 Å². The predicted octanol–water partition coefficient (Wildman–Crippen LogP) is 6.89. The molecule has 278 valence electrons. The number of fused-ring (bicyclic) bond motifs is 4. The third-order valence-corrected chi connectivity index (χ3v) is 13.7. The number of anilines is 1. The lowest BCUT2D eigenvalue weighted by atomic mass is 9.68. The fourth-order valence-electron chi connectivity index (χ4n) is 8.60. The Labute approximate surface area is 312 Å². The topological polar surface area (TPSA) is 111 Å². The molecular formula is C40H49ClN4O6S. The summed E-state index contributed by atoms with van der Waals surface area (Å²) in [7, 11) is 1.62. The van der Waals surface area contributed by atoms with E-state index >= 15 is 0 Å². The summed E-state index contributed by atoms with van der Waals surface area (Å²) in [6.07, 6.45) is 11.5.